The number of nitrogens with one attached hydrogen (secondary N) is 1. The molecule has 0 aromatic heterocycles. The normalized spacial score (nSPS) is 22.7. The van der Waals surface area contributed by atoms with Crippen molar-refractivity contribution in [3.63, 3.8) is 0 Å². The van der Waals surface area contributed by atoms with Gasteiger partial charge in [-0.1, -0.05) is 6.07 Å². The molecule has 2 saturated carbocycles. The fourth-order valence-electron chi connectivity index (χ4n) is 3.13. The molecule has 0 bridgehead atoms. The smallest absolute Gasteiger partial charge is 0.254 e. The highest BCUT2D eigenvalue weighted by atomic mass is 19.1. The van der Waals surface area contributed by atoms with Crippen molar-refractivity contribution in [1.29, 1.82) is 0 Å². The van der Waals surface area contributed by atoms with Gasteiger partial charge in [0.2, 0.25) is 5.91 Å². The number of hydrogen-bond donors (Lipinski definition) is 2. The van der Waals surface area contributed by atoms with E-state index in [0.29, 0.717) is 29.5 Å². The van der Waals surface area contributed by atoms with Crippen LogP contribution in [-0.2, 0) is 4.79 Å². The lowest BCUT2D eigenvalue weighted by Gasteiger charge is -2.32. The summed E-state index contributed by atoms with van der Waals surface area (Å²) < 4.78 is 14.4. The van der Waals surface area contributed by atoms with E-state index in [1.165, 1.54) is 4.90 Å². The van der Waals surface area contributed by atoms with Gasteiger partial charge >= 0.3 is 0 Å². The van der Waals surface area contributed by atoms with E-state index in [9.17, 15) is 19.1 Å². The lowest BCUT2D eigenvalue weighted by Crippen LogP contribution is -2.49. The third kappa shape index (κ3) is 3.43. The fourth-order valence-corrected chi connectivity index (χ4v) is 3.13. The molecule has 130 valence electrons. The molecule has 2 fully saturated rings. The molecule has 6 heteroatoms. The maximum atomic E-state index is 14.4. The van der Waals surface area contributed by atoms with Crippen LogP contribution in [0.5, 0.6) is 0 Å². The van der Waals surface area contributed by atoms with Gasteiger partial charge < -0.3 is 15.3 Å². The van der Waals surface area contributed by atoms with Crippen LogP contribution in [-0.4, -0.2) is 47.6 Å². The van der Waals surface area contributed by atoms with E-state index in [1.54, 1.807) is 26.1 Å². The van der Waals surface area contributed by atoms with E-state index in [-0.39, 0.29) is 42.2 Å². The van der Waals surface area contributed by atoms with E-state index < -0.39 is 0 Å². The van der Waals surface area contributed by atoms with E-state index in [1.807, 2.05) is 0 Å². The quantitative estimate of drug-likeness (QED) is 0.861. The topological polar surface area (TPSA) is 69.6 Å². The Morgan fingerprint density at radius 1 is 1.33 bits per heavy atom. The molecule has 0 saturated heterocycles. The number of likely N-dealkylation sites (N-methyl/N-ethyl adjacent to an activating group) is 1. The highest BCUT2D eigenvalue weighted by Crippen LogP contribution is 2.43. The van der Waals surface area contributed by atoms with Gasteiger partial charge in [0.15, 0.2) is 0 Å². The molecule has 2 N–H and O–H groups in total. The van der Waals surface area contributed by atoms with Gasteiger partial charge in [0.05, 0.1) is 12.6 Å². The summed E-state index contributed by atoms with van der Waals surface area (Å²) in [6.45, 7) is 1.62. The van der Waals surface area contributed by atoms with Crippen LogP contribution in [0.15, 0.2) is 12.1 Å². The third-order valence-electron chi connectivity index (χ3n) is 4.79. The number of amides is 2. The predicted molar refractivity (Wildman–Crippen MR) is 87.2 cm³/mol. The van der Waals surface area contributed by atoms with Gasteiger partial charge in [0, 0.05) is 24.2 Å². The van der Waals surface area contributed by atoms with E-state index in [2.05, 4.69) is 5.32 Å². The van der Waals surface area contributed by atoms with Gasteiger partial charge in [-0.05, 0) is 50.2 Å². The van der Waals surface area contributed by atoms with Gasteiger partial charge in [0.25, 0.3) is 5.91 Å². The summed E-state index contributed by atoms with van der Waals surface area (Å²) >= 11 is 0. The van der Waals surface area contributed by atoms with E-state index in [0.717, 1.165) is 12.8 Å². The molecule has 1 aromatic rings. The van der Waals surface area contributed by atoms with Crippen molar-refractivity contribution in [2.45, 2.75) is 50.7 Å². The third-order valence-corrected chi connectivity index (χ3v) is 4.79. The summed E-state index contributed by atoms with van der Waals surface area (Å²) in [5, 5.41) is 12.0. The Morgan fingerprint density at radius 3 is 2.58 bits per heavy atom. The summed E-state index contributed by atoms with van der Waals surface area (Å²) in [6, 6.07) is 3.25. The Kier molecular flexibility index (Phi) is 4.58. The first kappa shape index (κ1) is 16.9. The number of aryl methyl sites for hydroxylation is 1. The van der Waals surface area contributed by atoms with E-state index in [4.69, 9.17) is 0 Å². The number of benzene rings is 1. The Hall–Kier alpha value is -1.95. The summed E-state index contributed by atoms with van der Waals surface area (Å²) in [5.41, 5.74) is 1.39. The average molecular weight is 334 g/mol. The summed E-state index contributed by atoms with van der Waals surface area (Å²) in [7, 11) is 1.55. The Balaban J connectivity index is 1.67. The van der Waals surface area contributed by atoms with Crippen LogP contribution in [0.25, 0.3) is 0 Å². The lowest BCUT2D eigenvalue weighted by atomic mass is 9.89. The molecular weight excluding hydrogens is 311 g/mol. The van der Waals surface area contributed by atoms with Crippen LogP contribution >= 0.6 is 0 Å². The van der Waals surface area contributed by atoms with Crippen molar-refractivity contribution in [1.82, 2.24) is 10.2 Å². The molecule has 2 amide bonds. The van der Waals surface area contributed by atoms with Gasteiger partial charge in [-0.15, -0.1) is 0 Å². The van der Waals surface area contributed by atoms with Gasteiger partial charge in [-0.2, -0.15) is 0 Å². The number of hydrogen-bond acceptors (Lipinski definition) is 3. The molecule has 0 unspecified atom stereocenters. The van der Waals surface area contributed by atoms with Crippen LogP contribution in [0.4, 0.5) is 4.39 Å². The lowest BCUT2D eigenvalue weighted by molar-refractivity contribution is -0.123. The Morgan fingerprint density at radius 2 is 2.00 bits per heavy atom. The van der Waals surface area contributed by atoms with Crippen molar-refractivity contribution in [3.05, 3.63) is 34.6 Å². The van der Waals surface area contributed by atoms with Crippen LogP contribution in [0, 0.1) is 12.7 Å². The predicted octanol–water partition coefficient (Wildman–Crippen LogP) is 1.72. The number of carbonyl (C=O) groups is 2. The van der Waals surface area contributed by atoms with Crippen molar-refractivity contribution in [2.24, 2.45) is 0 Å². The van der Waals surface area contributed by atoms with Crippen LogP contribution in [0.3, 0.4) is 0 Å². The SMILES string of the molecule is Cc1ccc(C(=O)N(C)CC(=O)NC2CC(O)C2)c(C2CC2)c1F. The molecule has 0 spiro atoms. The number of rotatable bonds is 5. The number of aliphatic hydroxyl groups excluding tert-OH is 1. The second-order valence-corrected chi connectivity index (χ2v) is 6.98. The highest BCUT2D eigenvalue weighted by Gasteiger charge is 2.33. The zero-order chi connectivity index (χ0) is 17.4. The number of halogens is 1. The second-order valence-electron chi connectivity index (χ2n) is 6.98. The maximum Gasteiger partial charge on any atom is 0.254 e. The summed E-state index contributed by atoms with van der Waals surface area (Å²) in [4.78, 5) is 26.0. The minimum Gasteiger partial charge on any atom is -0.393 e. The van der Waals surface area contributed by atoms with Gasteiger partial charge in [-0.3, -0.25) is 9.59 Å². The number of aliphatic hydroxyl groups is 1. The monoisotopic (exact) mass is 334 g/mol. The van der Waals surface area contributed by atoms with Crippen LogP contribution < -0.4 is 5.32 Å². The zero-order valence-electron chi connectivity index (χ0n) is 14.0. The molecule has 2 aliphatic carbocycles. The van der Waals surface area contributed by atoms with Crippen molar-refractivity contribution < 1.29 is 19.1 Å². The summed E-state index contributed by atoms with van der Waals surface area (Å²) in [5.74, 6) is -0.782. The van der Waals surface area contributed by atoms with Gasteiger partial charge in [-0.25, -0.2) is 4.39 Å². The van der Waals surface area contributed by atoms with Crippen molar-refractivity contribution in [2.75, 3.05) is 13.6 Å². The number of nitrogens with zero attached hydrogens (tertiary/aromatic N) is 1. The maximum absolute atomic E-state index is 14.4. The first-order chi connectivity index (χ1) is 11.4. The molecule has 0 aliphatic heterocycles. The van der Waals surface area contributed by atoms with Crippen molar-refractivity contribution in [3.8, 4) is 0 Å². The van der Waals surface area contributed by atoms with Gasteiger partial charge in [0.1, 0.15) is 5.82 Å². The minimum atomic E-state index is -0.341. The number of carbonyl (C=O) groups excluding carboxylic acids is 2. The average Bonchev–Trinajstić information content (AvgIpc) is 3.32. The minimum absolute atomic E-state index is 0.0187. The molecule has 3 rings (SSSR count). The van der Waals surface area contributed by atoms with Crippen LogP contribution in [0.2, 0.25) is 0 Å². The zero-order valence-corrected chi connectivity index (χ0v) is 14.0. The molecule has 2 aliphatic rings. The molecule has 0 radical (unpaired) electrons. The Bertz CT molecular complexity index is 666. The Labute approximate surface area is 140 Å². The fraction of sp³-hybridized carbons (Fsp3) is 0.556. The highest BCUT2D eigenvalue weighted by molar-refractivity contribution is 5.98. The summed E-state index contributed by atoms with van der Waals surface area (Å²) in [6.07, 6.45) is 2.56. The molecule has 1 aromatic carbocycles. The molecule has 5 nitrogen and oxygen atoms in total. The van der Waals surface area contributed by atoms with Crippen molar-refractivity contribution >= 4 is 11.8 Å². The first-order valence-electron chi connectivity index (χ1n) is 8.38. The molecule has 0 heterocycles. The molecular formula is C18H23FN2O3. The molecule has 24 heavy (non-hydrogen) atoms. The largest absolute Gasteiger partial charge is 0.393 e. The van der Waals surface area contributed by atoms with Crippen LogP contribution in [0.1, 0.15) is 53.1 Å². The standard InChI is InChI=1S/C18H23FN2O3/c1-10-3-6-14(16(17(10)19)11-4-5-11)18(24)21(2)9-15(23)20-12-7-13(22)8-12/h3,6,11-13,22H,4-5,7-9H2,1-2H3,(H,20,23). The van der Waals surface area contributed by atoms with E-state index >= 15 is 0 Å². The first-order valence-corrected chi connectivity index (χ1v) is 8.38. The second kappa shape index (κ2) is 6.51. The molecule has 0 atom stereocenters.